The van der Waals surface area contributed by atoms with Crippen molar-refractivity contribution in [1.82, 2.24) is 5.32 Å². The second-order valence-corrected chi connectivity index (χ2v) is 3.64. The van der Waals surface area contributed by atoms with Crippen molar-refractivity contribution in [2.24, 2.45) is 4.99 Å². The van der Waals surface area contributed by atoms with E-state index >= 15 is 0 Å². The van der Waals surface area contributed by atoms with Crippen LogP contribution in [-0.2, 0) is 14.5 Å². The first-order valence-corrected chi connectivity index (χ1v) is 6.25. The first-order chi connectivity index (χ1) is 8.34. The fourth-order valence-electron chi connectivity index (χ4n) is 1.43. The van der Waals surface area contributed by atoms with Gasteiger partial charge in [0.25, 0.3) is 0 Å². The molecule has 0 aromatic rings. The quantitative estimate of drug-likeness (QED) is 0.609. The standard InChI is InChI=1S/C10H16N2O3.C2H6/c1-8-6-12-9(7-11-8)14-15-10-4-2-3-5-13-10;1-2/h6-7,9-10,12H,2-5H2,1H3;1-2H3. The number of hydrogen-bond acceptors (Lipinski definition) is 5. The molecule has 5 heteroatoms. The van der Waals surface area contributed by atoms with Crippen molar-refractivity contribution in [2.45, 2.75) is 52.6 Å². The van der Waals surface area contributed by atoms with Crippen molar-refractivity contribution in [1.29, 1.82) is 0 Å². The van der Waals surface area contributed by atoms with Crippen molar-refractivity contribution in [3.05, 3.63) is 11.9 Å². The van der Waals surface area contributed by atoms with Gasteiger partial charge in [0.15, 0.2) is 12.5 Å². The highest BCUT2D eigenvalue weighted by atomic mass is 17.2. The Morgan fingerprint density at radius 2 is 2.18 bits per heavy atom. The lowest BCUT2D eigenvalue weighted by Crippen LogP contribution is -2.34. The van der Waals surface area contributed by atoms with E-state index in [0.717, 1.165) is 31.6 Å². The van der Waals surface area contributed by atoms with Gasteiger partial charge in [0.05, 0.1) is 11.9 Å². The largest absolute Gasteiger partial charge is 0.358 e. The smallest absolute Gasteiger partial charge is 0.198 e. The summed E-state index contributed by atoms with van der Waals surface area (Å²) in [6.07, 6.45) is 6.01. The van der Waals surface area contributed by atoms with Gasteiger partial charge in [-0.1, -0.05) is 13.8 Å². The number of allylic oxidation sites excluding steroid dienone is 1. The summed E-state index contributed by atoms with van der Waals surface area (Å²) in [6, 6.07) is 0. The average molecular weight is 242 g/mol. The number of nitrogens with zero attached hydrogens (tertiary/aromatic N) is 1. The fraction of sp³-hybridized carbons (Fsp3) is 0.750. The Hall–Kier alpha value is -0.910. The topological polar surface area (TPSA) is 52.1 Å². The third-order valence-electron chi connectivity index (χ3n) is 2.27. The van der Waals surface area contributed by atoms with E-state index in [-0.39, 0.29) is 12.5 Å². The Balaban J connectivity index is 0.000000686. The minimum absolute atomic E-state index is 0.235. The van der Waals surface area contributed by atoms with Crippen molar-refractivity contribution in [3.8, 4) is 0 Å². The summed E-state index contributed by atoms with van der Waals surface area (Å²) in [5.74, 6) is 0. The lowest BCUT2D eigenvalue weighted by atomic mass is 10.2. The van der Waals surface area contributed by atoms with E-state index < -0.39 is 0 Å². The van der Waals surface area contributed by atoms with E-state index in [9.17, 15) is 0 Å². The van der Waals surface area contributed by atoms with Crippen LogP contribution in [0, 0.1) is 0 Å². The molecule has 0 amide bonds. The zero-order chi connectivity index (χ0) is 12.5. The van der Waals surface area contributed by atoms with Crippen molar-refractivity contribution < 1.29 is 14.5 Å². The average Bonchev–Trinajstić information content (AvgIpc) is 2.42. The summed E-state index contributed by atoms with van der Waals surface area (Å²) in [7, 11) is 0. The molecule has 0 aromatic heterocycles. The van der Waals surface area contributed by atoms with Crippen LogP contribution in [0.4, 0.5) is 0 Å². The highest BCUT2D eigenvalue weighted by Gasteiger charge is 2.17. The molecule has 0 spiro atoms. The van der Waals surface area contributed by atoms with E-state index in [2.05, 4.69) is 10.3 Å². The summed E-state index contributed by atoms with van der Waals surface area (Å²) in [6.45, 7) is 6.66. The summed E-state index contributed by atoms with van der Waals surface area (Å²) in [5, 5.41) is 2.99. The molecule has 0 aromatic carbocycles. The summed E-state index contributed by atoms with van der Waals surface area (Å²) < 4.78 is 5.36. The van der Waals surface area contributed by atoms with E-state index in [4.69, 9.17) is 14.5 Å². The SMILES string of the molecule is CC.CC1=CNC(OOC2CCCCO2)C=N1. The number of ether oxygens (including phenoxy) is 1. The van der Waals surface area contributed by atoms with E-state index in [0.29, 0.717) is 0 Å². The molecule has 2 atom stereocenters. The molecule has 0 bridgehead atoms. The fourth-order valence-corrected chi connectivity index (χ4v) is 1.43. The Kier molecular flexibility index (Phi) is 6.84. The van der Waals surface area contributed by atoms with Gasteiger partial charge in [-0.05, 0) is 19.8 Å². The third-order valence-corrected chi connectivity index (χ3v) is 2.27. The van der Waals surface area contributed by atoms with Gasteiger partial charge in [-0.25, -0.2) is 9.78 Å². The molecule has 0 saturated carbocycles. The molecule has 2 aliphatic rings. The second-order valence-electron chi connectivity index (χ2n) is 3.64. The maximum absolute atomic E-state index is 5.36. The van der Waals surface area contributed by atoms with Crippen LogP contribution in [0.15, 0.2) is 16.9 Å². The van der Waals surface area contributed by atoms with Crippen LogP contribution in [0.2, 0.25) is 0 Å². The minimum atomic E-state index is -0.320. The van der Waals surface area contributed by atoms with Gasteiger partial charge in [0, 0.05) is 19.2 Å². The number of rotatable bonds is 3. The predicted molar refractivity (Wildman–Crippen MR) is 66.3 cm³/mol. The lowest BCUT2D eigenvalue weighted by Gasteiger charge is -2.23. The van der Waals surface area contributed by atoms with Crippen LogP contribution < -0.4 is 5.32 Å². The summed E-state index contributed by atoms with van der Waals surface area (Å²) in [4.78, 5) is 14.4. The van der Waals surface area contributed by atoms with Crippen molar-refractivity contribution >= 4 is 6.21 Å². The van der Waals surface area contributed by atoms with Crippen LogP contribution in [0.5, 0.6) is 0 Å². The molecule has 98 valence electrons. The number of nitrogens with one attached hydrogen (secondary N) is 1. The maximum Gasteiger partial charge on any atom is 0.198 e. The molecular formula is C12H22N2O3. The minimum Gasteiger partial charge on any atom is -0.358 e. The maximum atomic E-state index is 5.36. The van der Waals surface area contributed by atoms with E-state index in [1.165, 1.54) is 0 Å². The molecule has 2 rings (SSSR count). The Morgan fingerprint density at radius 3 is 2.76 bits per heavy atom. The van der Waals surface area contributed by atoms with E-state index in [1.54, 1.807) is 12.4 Å². The third kappa shape index (κ3) is 5.30. The first kappa shape index (κ1) is 14.2. The van der Waals surface area contributed by atoms with Gasteiger partial charge >= 0.3 is 0 Å². The molecule has 1 N–H and O–H groups in total. The number of hydrogen-bond donors (Lipinski definition) is 1. The van der Waals surface area contributed by atoms with Crippen LogP contribution in [0.25, 0.3) is 0 Å². The van der Waals surface area contributed by atoms with Crippen LogP contribution >= 0.6 is 0 Å². The lowest BCUT2D eigenvalue weighted by molar-refractivity contribution is -0.395. The second kappa shape index (κ2) is 8.22. The number of aliphatic imine (C=N–C) groups is 1. The molecular weight excluding hydrogens is 220 g/mol. The normalized spacial score (nSPS) is 27.6. The summed E-state index contributed by atoms with van der Waals surface area (Å²) in [5.41, 5.74) is 0.920. The highest BCUT2D eigenvalue weighted by molar-refractivity contribution is 5.65. The van der Waals surface area contributed by atoms with Crippen LogP contribution in [-0.4, -0.2) is 25.3 Å². The molecule has 0 aliphatic carbocycles. The zero-order valence-corrected chi connectivity index (χ0v) is 10.8. The first-order valence-electron chi connectivity index (χ1n) is 6.25. The monoisotopic (exact) mass is 242 g/mol. The molecule has 17 heavy (non-hydrogen) atoms. The summed E-state index contributed by atoms with van der Waals surface area (Å²) >= 11 is 0. The van der Waals surface area contributed by atoms with Gasteiger partial charge in [0.2, 0.25) is 0 Å². The molecule has 2 aliphatic heterocycles. The highest BCUT2D eigenvalue weighted by Crippen LogP contribution is 2.14. The van der Waals surface area contributed by atoms with Gasteiger partial charge < -0.3 is 10.1 Å². The Bertz CT molecular complexity index is 260. The molecule has 5 nitrogen and oxygen atoms in total. The van der Waals surface area contributed by atoms with Crippen LogP contribution in [0.3, 0.4) is 0 Å². The molecule has 2 heterocycles. The van der Waals surface area contributed by atoms with Gasteiger partial charge in [-0.2, -0.15) is 0 Å². The van der Waals surface area contributed by atoms with Crippen LogP contribution in [0.1, 0.15) is 40.0 Å². The zero-order valence-electron chi connectivity index (χ0n) is 10.8. The van der Waals surface area contributed by atoms with Crippen molar-refractivity contribution in [3.63, 3.8) is 0 Å². The van der Waals surface area contributed by atoms with E-state index in [1.807, 2.05) is 20.8 Å². The van der Waals surface area contributed by atoms with Crippen molar-refractivity contribution in [2.75, 3.05) is 6.61 Å². The Labute approximate surface area is 103 Å². The molecule has 1 fully saturated rings. The van der Waals surface area contributed by atoms with Gasteiger partial charge in [0.1, 0.15) is 0 Å². The predicted octanol–water partition coefficient (Wildman–Crippen LogP) is 2.35. The molecule has 0 radical (unpaired) electrons. The molecule has 2 unspecified atom stereocenters. The Morgan fingerprint density at radius 1 is 1.35 bits per heavy atom. The van der Waals surface area contributed by atoms with Gasteiger partial charge in [-0.3, -0.25) is 4.99 Å². The van der Waals surface area contributed by atoms with Gasteiger partial charge in [-0.15, -0.1) is 0 Å². The molecule has 1 saturated heterocycles.